The van der Waals surface area contributed by atoms with Crippen LogP contribution in [0, 0.1) is 0 Å². The number of aryl methyl sites for hydroxylation is 1. The van der Waals surface area contributed by atoms with E-state index in [2.05, 4.69) is 15.1 Å². The van der Waals surface area contributed by atoms with Crippen molar-refractivity contribution in [2.24, 2.45) is 7.05 Å². The van der Waals surface area contributed by atoms with E-state index in [4.69, 9.17) is 17.3 Å². The Labute approximate surface area is 85.5 Å². The Hall–Kier alpha value is -1.62. The molecule has 2 aromatic rings. The topological polar surface area (TPSA) is 69.6 Å². The van der Waals surface area contributed by atoms with Crippen molar-refractivity contribution in [2.75, 3.05) is 5.73 Å². The SMILES string of the molecule is Cn1ccc(-c2nc(N)cnc2Cl)n1. The van der Waals surface area contributed by atoms with E-state index < -0.39 is 0 Å². The number of aromatic nitrogens is 4. The highest BCUT2D eigenvalue weighted by molar-refractivity contribution is 6.31. The third kappa shape index (κ3) is 1.54. The van der Waals surface area contributed by atoms with Crippen LogP contribution in [0.4, 0.5) is 5.82 Å². The molecule has 0 atom stereocenters. The third-order valence-corrected chi connectivity index (χ3v) is 1.98. The maximum atomic E-state index is 5.86. The molecule has 0 saturated heterocycles. The molecule has 0 spiro atoms. The molecule has 6 heteroatoms. The minimum Gasteiger partial charge on any atom is -0.382 e. The standard InChI is InChI=1S/C8H8ClN5/c1-14-3-2-5(13-14)7-8(9)11-4-6(10)12-7/h2-4H,1H3,(H2,10,12). The first-order valence-corrected chi connectivity index (χ1v) is 4.32. The average Bonchev–Trinajstić information content (AvgIpc) is 2.56. The molecule has 0 aliphatic rings. The highest BCUT2D eigenvalue weighted by Crippen LogP contribution is 2.22. The lowest BCUT2D eigenvalue weighted by molar-refractivity contribution is 0.770. The summed E-state index contributed by atoms with van der Waals surface area (Å²) in [6.07, 6.45) is 3.21. The molecule has 5 nitrogen and oxygen atoms in total. The molecule has 2 heterocycles. The van der Waals surface area contributed by atoms with Gasteiger partial charge in [-0.1, -0.05) is 11.6 Å². The molecule has 14 heavy (non-hydrogen) atoms. The number of rotatable bonds is 1. The second kappa shape index (κ2) is 3.26. The van der Waals surface area contributed by atoms with E-state index in [1.807, 2.05) is 7.05 Å². The van der Waals surface area contributed by atoms with Crippen LogP contribution < -0.4 is 5.73 Å². The first-order valence-electron chi connectivity index (χ1n) is 3.95. The van der Waals surface area contributed by atoms with Crippen molar-refractivity contribution in [1.29, 1.82) is 0 Å². The number of hydrogen-bond donors (Lipinski definition) is 1. The predicted octanol–water partition coefficient (Wildman–Crippen LogP) is 1.11. The van der Waals surface area contributed by atoms with Crippen molar-refractivity contribution < 1.29 is 0 Å². The van der Waals surface area contributed by atoms with Crippen molar-refractivity contribution in [3.8, 4) is 11.4 Å². The second-order valence-electron chi connectivity index (χ2n) is 2.81. The summed E-state index contributed by atoms with van der Waals surface area (Å²) in [6, 6.07) is 1.80. The van der Waals surface area contributed by atoms with E-state index in [1.165, 1.54) is 6.20 Å². The highest BCUT2D eigenvalue weighted by atomic mass is 35.5. The van der Waals surface area contributed by atoms with Crippen LogP contribution in [0.15, 0.2) is 18.5 Å². The van der Waals surface area contributed by atoms with Crippen LogP contribution in [0.25, 0.3) is 11.4 Å². The van der Waals surface area contributed by atoms with Crippen LogP contribution in [0.1, 0.15) is 0 Å². The van der Waals surface area contributed by atoms with Gasteiger partial charge < -0.3 is 5.73 Å². The van der Waals surface area contributed by atoms with Crippen molar-refractivity contribution in [2.45, 2.75) is 0 Å². The van der Waals surface area contributed by atoms with E-state index in [0.29, 0.717) is 22.4 Å². The Morgan fingerprint density at radius 1 is 1.50 bits per heavy atom. The van der Waals surface area contributed by atoms with Gasteiger partial charge in [0.25, 0.3) is 0 Å². The summed E-state index contributed by atoms with van der Waals surface area (Å²) in [4.78, 5) is 7.96. The van der Waals surface area contributed by atoms with Crippen LogP contribution in [-0.2, 0) is 7.05 Å². The van der Waals surface area contributed by atoms with Gasteiger partial charge in [0.15, 0.2) is 5.15 Å². The largest absolute Gasteiger partial charge is 0.382 e. The maximum absolute atomic E-state index is 5.86. The van der Waals surface area contributed by atoms with Crippen LogP contribution >= 0.6 is 11.6 Å². The fraction of sp³-hybridized carbons (Fsp3) is 0.125. The number of hydrogen-bond acceptors (Lipinski definition) is 4. The van der Waals surface area contributed by atoms with Crippen molar-refractivity contribution in [3.05, 3.63) is 23.6 Å². The smallest absolute Gasteiger partial charge is 0.157 e. The van der Waals surface area contributed by atoms with E-state index in [0.717, 1.165) is 0 Å². The normalized spacial score (nSPS) is 10.4. The van der Waals surface area contributed by atoms with E-state index in [-0.39, 0.29) is 0 Å². The molecule has 0 aliphatic heterocycles. The van der Waals surface area contributed by atoms with Gasteiger partial charge in [-0.15, -0.1) is 0 Å². The van der Waals surface area contributed by atoms with Gasteiger partial charge in [0.05, 0.1) is 6.20 Å². The number of nitrogen functional groups attached to an aromatic ring is 1. The van der Waals surface area contributed by atoms with Gasteiger partial charge >= 0.3 is 0 Å². The maximum Gasteiger partial charge on any atom is 0.157 e. The third-order valence-electron chi connectivity index (χ3n) is 1.70. The molecule has 0 fully saturated rings. The second-order valence-corrected chi connectivity index (χ2v) is 3.17. The number of nitrogens with two attached hydrogens (primary N) is 1. The van der Waals surface area contributed by atoms with Crippen LogP contribution in [0.5, 0.6) is 0 Å². The average molecular weight is 210 g/mol. The number of halogens is 1. The van der Waals surface area contributed by atoms with Crippen molar-refractivity contribution in [3.63, 3.8) is 0 Å². The molecular weight excluding hydrogens is 202 g/mol. The zero-order valence-electron chi connectivity index (χ0n) is 7.48. The summed E-state index contributed by atoms with van der Waals surface area (Å²) in [7, 11) is 1.82. The molecule has 0 aromatic carbocycles. The van der Waals surface area contributed by atoms with Crippen molar-refractivity contribution in [1.82, 2.24) is 19.7 Å². The fourth-order valence-corrected chi connectivity index (χ4v) is 1.28. The summed E-state index contributed by atoms with van der Waals surface area (Å²) in [5.74, 6) is 0.329. The lowest BCUT2D eigenvalue weighted by Gasteiger charge is -1.99. The first kappa shape index (κ1) is 8.96. The Morgan fingerprint density at radius 2 is 2.29 bits per heavy atom. The summed E-state index contributed by atoms with van der Waals surface area (Å²) in [5, 5.41) is 4.46. The zero-order valence-corrected chi connectivity index (χ0v) is 8.23. The summed E-state index contributed by atoms with van der Waals surface area (Å²) in [6.45, 7) is 0. The Morgan fingerprint density at radius 3 is 2.93 bits per heavy atom. The van der Waals surface area contributed by atoms with Gasteiger partial charge in [-0.05, 0) is 6.07 Å². The molecule has 0 bridgehead atoms. The van der Waals surface area contributed by atoms with Gasteiger partial charge in [-0.3, -0.25) is 4.68 Å². The molecule has 72 valence electrons. The summed E-state index contributed by atoms with van der Waals surface area (Å²) >= 11 is 5.86. The van der Waals surface area contributed by atoms with E-state index in [9.17, 15) is 0 Å². The van der Waals surface area contributed by atoms with E-state index in [1.54, 1.807) is 16.9 Å². The van der Waals surface area contributed by atoms with Gasteiger partial charge in [0.1, 0.15) is 17.2 Å². The molecule has 2 N–H and O–H groups in total. The van der Waals surface area contributed by atoms with Gasteiger partial charge in [-0.2, -0.15) is 5.10 Å². The molecule has 2 aromatic heterocycles. The van der Waals surface area contributed by atoms with Gasteiger partial charge in [-0.25, -0.2) is 9.97 Å². The lowest BCUT2D eigenvalue weighted by Crippen LogP contribution is -1.96. The molecule has 0 aliphatic carbocycles. The molecule has 2 rings (SSSR count). The molecule has 0 unspecified atom stereocenters. The molecule has 0 saturated carbocycles. The minimum atomic E-state index is 0.304. The minimum absolute atomic E-state index is 0.304. The number of nitrogens with zero attached hydrogens (tertiary/aromatic N) is 4. The van der Waals surface area contributed by atoms with E-state index >= 15 is 0 Å². The number of anilines is 1. The zero-order chi connectivity index (χ0) is 10.1. The highest BCUT2D eigenvalue weighted by Gasteiger charge is 2.09. The predicted molar refractivity (Wildman–Crippen MR) is 53.7 cm³/mol. The summed E-state index contributed by atoms with van der Waals surface area (Å²) in [5.41, 5.74) is 6.68. The monoisotopic (exact) mass is 209 g/mol. The van der Waals surface area contributed by atoms with Gasteiger partial charge in [0, 0.05) is 13.2 Å². The molecule has 0 radical (unpaired) electrons. The fourth-order valence-electron chi connectivity index (χ4n) is 1.09. The van der Waals surface area contributed by atoms with Crippen LogP contribution in [0.2, 0.25) is 5.15 Å². The Balaban J connectivity index is 2.55. The Kier molecular flexibility index (Phi) is 2.09. The quantitative estimate of drug-likeness (QED) is 0.764. The van der Waals surface area contributed by atoms with Crippen LogP contribution in [-0.4, -0.2) is 19.7 Å². The van der Waals surface area contributed by atoms with Crippen molar-refractivity contribution >= 4 is 17.4 Å². The van der Waals surface area contributed by atoms with Crippen LogP contribution in [0.3, 0.4) is 0 Å². The molecule has 0 amide bonds. The summed E-state index contributed by atoms with van der Waals surface area (Å²) < 4.78 is 1.66. The van der Waals surface area contributed by atoms with Gasteiger partial charge in [0.2, 0.25) is 0 Å². The molecular formula is C8H8ClN5. The first-order chi connectivity index (χ1) is 6.66. The lowest BCUT2D eigenvalue weighted by atomic mass is 10.3. The Bertz CT molecular complexity index is 465.